The molecule has 0 radical (unpaired) electrons. The average Bonchev–Trinajstić information content (AvgIpc) is 2.54. The summed E-state index contributed by atoms with van der Waals surface area (Å²) in [4.78, 5) is 19.3. The van der Waals surface area contributed by atoms with Crippen molar-refractivity contribution >= 4 is 22.7 Å². The molecule has 0 aliphatic rings. The first kappa shape index (κ1) is 14.8. The lowest BCUT2D eigenvalue weighted by Crippen LogP contribution is -2.12. The summed E-state index contributed by atoms with van der Waals surface area (Å²) in [5.41, 5.74) is 2.40. The van der Waals surface area contributed by atoms with Crippen molar-refractivity contribution in [3.63, 3.8) is 0 Å². The number of fused-ring (bicyclic) bond motifs is 1. The number of rotatable bonds is 3. The lowest BCUT2D eigenvalue weighted by Gasteiger charge is -2.11. The van der Waals surface area contributed by atoms with E-state index in [1.807, 2.05) is 19.2 Å². The van der Waals surface area contributed by atoms with Crippen LogP contribution in [0.3, 0.4) is 0 Å². The van der Waals surface area contributed by atoms with Gasteiger partial charge in [-0.15, -0.1) is 11.8 Å². The van der Waals surface area contributed by atoms with E-state index in [0.29, 0.717) is 23.1 Å². The van der Waals surface area contributed by atoms with Crippen LogP contribution < -0.4 is 5.56 Å². The van der Waals surface area contributed by atoms with Gasteiger partial charge >= 0.3 is 0 Å². The number of nitrogens with one attached hydrogen (secondary N) is 1. The molecule has 3 aromatic rings. The second kappa shape index (κ2) is 5.93. The van der Waals surface area contributed by atoms with Gasteiger partial charge in [-0.2, -0.15) is 0 Å². The molecule has 2 heterocycles. The van der Waals surface area contributed by atoms with Crippen molar-refractivity contribution in [1.82, 2.24) is 9.97 Å². The normalized spacial score (nSPS) is 11.0. The fourth-order valence-corrected chi connectivity index (χ4v) is 2.99. The summed E-state index contributed by atoms with van der Waals surface area (Å²) in [6, 6.07) is 8.51. The van der Waals surface area contributed by atoms with Crippen LogP contribution in [0.4, 0.5) is 4.39 Å². The van der Waals surface area contributed by atoms with Crippen molar-refractivity contribution in [3.8, 4) is 11.1 Å². The third kappa shape index (κ3) is 2.41. The molecule has 3 nitrogen and oxygen atoms in total. The maximum Gasteiger partial charge on any atom is 0.253 e. The van der Waals surface area contributed by atoms with Crippen molar-refractivity contribution in [2.75, 3.05) is 6.26 Å². The highest BCUT2D eigenvalue weighted by atomic mass is 32.2. The van der Waals surface area contributed by atoms with Gasteiger partial charge in [0.2, 0.25) is 0 Å². The Hall–Kier alpha value is -2.14. The van der Waals surface area contributed by atoms with E-state index in [9.17, 15) is 9.18 Å². The Morgan fingerprint density at radius 3 is 2.73 bits per heavy atom. The summed E-state index contributed by atoms with van der Waals surface area (Å²) in [6.07, 6.45) is 4.11. The molecule has 0 aliphatic heterocycles. The van der Waals surface area contributed by atoms with Crippen molar-refractivity contribution in [3.05, 3.63) is 58.3 Å². The summed E-state index contributed by atoms with van der Waals surface area (Å²) in [5, 5.41) is 1.53. The van der Waals surface area contributed by atoms with Gasteiger partial charge in [0.05, 0.1) is 10.5 Å². The molecule has 2 aromatic heterocycles. The topological polar surface area (TPSA) is 45.8 Å². The zero-order chi connectivity index (χ0) is 15.7. The van der Waals surface area contributed by atoms with Gasteiger partial charge in [0.15, 0.2) is 0 Å². The second-order valence-electron chi connectivity index (χ2n) is 4.90. The monoisotopic (exact) mass is 314 g/mol. The summed E-state index contributed by atoms with van der Waals surface area (Å²) >= 11 is 1.48. The predicted octanol–water partition coefficient (Wildman–Crippen LogP) is 4.01. The Kier molecular flexibility index (Phi) is 3.98. The van der Waals surface area contributed by atoms with Crippen LogP contribution in [-0.2, 0) is 6.42 Å². The number of benzene rings is 1. The van der Waals surface area contributed by atoms with Gasteiger partial charge in [-0.25, -0.2) is 9.37 Å². The van der Waals surface area contributed by atoms with E-state index in [1.54, 1.807) is 24.4 Å². The van der Waals surface area contributed by atoms with Crippen LogP contribution in [-0.4, -0.2) is 16.2 Å². The summed E-state index contributed by atoms with van der Waals surface area (Å²) < 4.78 is 14.2. The molecule has 1 N–H and O–H groups in total. The second-order valence-corrected chi connectivity index (χ2v) is 5.73. The molecular weight excluding hydrogens is 299 g/mol. The molecule has 0 saturated carbocycles. The maximum atomic E-state index is 14.2. The first-order valence-electron chi connectivity index (χ1n) is 7.00. The van der Waals surface area contributed by atoms with Gasteiger partial charge in [0.1, 0.15) is 5.82 Å². The zero-order valence-corrected chi connectivity index (χ0v) is 13.1. The van der Waals surface area contributed by atoms with E-state index >= 15 is 0 Å². The number of thioether (sulfide) groups is 1. The third-order valence-corrected chi connectivity index (χ3v) is 4.30. The molecule has 112 valence electrons. The molecule has 22 heavy (non-hydrogen) atoms. The standard InChI is InChI=1S/C17H15FN2OS/c1-3-10-16-13(9-19-17(10)21)12(8-15(20-16)22-2)11-6-4-5-7-14(11)18/h4-9H,3H2,1-2H3,(H,19,21). The summed E-state index contributed by atoms with van der Waals surface area (Å²) in [6.45, 7) is 1.92. The molecule has 1 aromatic carbocycles. The number of nitrogens with zero attached hydrogens (tertiary/aromatic N) is 1. The van der Waals surface area contributed by atoms with Gasteiger partial charge in [0.25, 0.3) is 5.56 Å². The van der Waals surface area contributed by atoms with Crippen LogP contribution in [0, 0.1) is 5.82 Å². The largest absolute Gasteiger partial charge is 0.328 e. The number of hydrogen-bond acceptors (Lipinski definition) is 3. The van der Waals surface area contributed by atoms with Crippen molar-refractivity contribution < 1.29 is 4.39 Å². The number of hydrogen-bond donors (Lipinski definition) is 1. The third-order valence-electron chi connectivity index (χ3n) is 3.67. The van der Waals surface area contributed by atoms with Gasteiger partial charge in [-0.3, -0.25) is 4.79 Å². The molecule has 0 saturated heterocycles. The van der Waals surface area contributed by atoms with Crippen LogP contribution in [0.1, 0.15) is 12.5 Å². The Morgan fingerprint density at radius 2 is 2.05 bits per heavy atom. The number of aryl methyl sites for hydroxylation is 1. The molecule has 0 fully saturated rings. The Bertz CT molecular complexity index is 905. The Labute approximate surface area is 131 Å². The molecule has 3 rings (SSSR count). The molecule has 0 aliphatic carbocycles. The Balaban J connectivity index is 2.44. The zero-order valence-electron chi connectivity index (χ0n) is 12.3. The van der Waals surface area contributed by atoms with E-state index in [4.69, 9.17) is 0 Å². The molecule has 5 heteroatoms. The molecular formula is C17H15FN2OS. The average molecular weight is 314 g/mol. The van der Waals surface area contributed by atoms with Gasteiger partial charge in [-0.1, -0.05) is 25.1 Å². The van der Waals surface area contributed by atoms with E-state index < -0.39 is 0 Å². The van der Waals surface area contributed by atoms with Crippen LogP contribution in [0.2, 0.25) is 0 Å². The quantitative estimate of drug-likeness (QED) is 0.743. The van der Waals surface area contributed by atoms with E-state index in [1.165, 1.54) is 17.8 Å². The van der Waals surface area contributed by atoms with Crippen LogP contribution in [0.25, 0.3) is 22.0 Å². The summed E-state index contributed by atoms with van der Waals surface area (Å²) in [7, 11) is 0. The minimum atomic E-state index is -0.286. The predicted molar refractivity (Wildman–Crippen MR) is 88.9 cm³/mol. The van der Waals surface area contributed by atoms with Gasteiger partial charge in [0, 0.05) is 22.7 Å². The fourth-order valence-electron chi connectivity index (χ4n) is 2.58. The minimum Gasteiger partial charge on any atom is -0.328 e. The van der Waals surface area contributed by atoms with Crippen LogP contribution in [0.5, 0.6) is 0 Å². The highest BCUT2D eigenvalue weighted by Crippen LogP contribution is 2.32. The first-order valence-corrected chi connectivity index (χ1v) is 8.22. The molecule has 0 amide bonds. The lowest BCUT2D eigenvalue weighted by molar-refractivity contribution is 0.631. The lowest BCUT2D eigenvalue weighted by atomic mass is 10.00. The Morgan fingerprint density at radius 1 is 1.27 bits per heavy atom. The van der Waals surface area contributed by atoms with E-state index in [0.717, 1.165) is 16.0 Å². The van der Waals surface area contributed by atoms with Gasteiger partial charge in [-0.05, 0) is 30.4 Å². The van der Waals surface area contributed by atoms with E-state index in [-0.39, 0.29) is 11.4 Å². The number of aromatic nitrogens is 2. The molecule has 0 unspecified atom stereocenters. The summed E-state index contributed by atoms with van der Waals surface area (Å²) in [5.74, 6) is -0.286. The number of halogens is 1. The molecule has 0 spiro atoms. The van der Waals surface area contributed by atoms with E-state index in [2.05, 4.69) is 9.97 Å². The van der Waals surface area contributed by atoms with Crippen LogP contribution in [0.15, 0.2) is 46.3 Å². The van der Waals surface area contributed by atoms with Gasteiger partial charge < -0.3 is 4.98 Å². The smallest absolute Gasteiger partial charge is 0.253 e. The van der Waals surface area contributed by atoms with Crippen molar-refractivity contribution in [2.45, 2.75) is 18.4 Å². The first-order chi connectivity index (χ1) is 10.7. The van der Waals surface area contributed by atoms with Crippen molar-refractivity contribution in [2.24, 2.45) is 0 Å². The molecule has 0 bridgehead atoms. The minimum absolute atomic E-state index is 0.139. The number of aromatic amines is 1. The van der Waals surface area contributed by atoms with Crippen LogP contribution >= 0.6 is 11.8 Å². The SMILES string of the molecule is CCc1c(=O)[nH]cc2c(-c3ccccc3F)cc(SC)nc12. The van der Waals surface area contributed by atoms with Crippen molar-refractivity contribution in [1.29, 1.82) is 0 Å². The number of H-pyrrole nitrogens is 1. The fraction of sp³-hybridized carbons (Fsp3) is 0.176. The highest BCUT2D eigenvalue weighted by molar-refractivity contribution is 7.98. The highest BCUT2D eigenvalue weighted by Gasteiger charge is 2.14. The molecule has 0 atom stereocenters. The maximum absolute atomic E-state index is 14.2. The number of pyridine rings is 2.